The van der Waals surface area contributed by atoms with Gasteiger partial charge in [0.15, 0.2) is 15.6 Å². The summed E-state index contributed by atoms with van der Waals surface area (Å²) in [7, 11) is -3.49. The average Bonchev–Trinajstić information content (AvgIpc) is 2.80. The molecule has 0 bridgehead atoms. The van der Waals surface area contributed by atoms with E-state index < -0.39 is 9.84 Å². The summed E-state index contributed by atoms with van der Waals surface area (Å²) in [5.74, 6) is -0.212. The number of sulfone groups is 1. The number of carbonyl (C=O) groups excluding carboxylic acids is 1. The van der Waals surface area contributed by atoms with Crippen LogP contribution in [0.25, 0.3) is 0 Å². The fourth-order valence-corrected chi connectivity index (χ4v) is 4.45. The number of ketones is 1. The van der Waals surface area contributed by atoms with E-state index in [1.165, 1.54) is 0 Å². The van der Waals surface area contributed by atoms with Crippen molar-refractivity contribution in [3.05, 3.63) is 4.88 Å². The molecule has 0 fully saturated rings. The SMILES string of the molecule is CCOCCNc1sc(C(=O)CC)c(N)c1S(=O)(=O)CC. The van der Waals surface area contributed by atoms with Crippen LogP contribution in [0.2, 0.25) is 0 Å². The lowest BCUT2D eigenvalue weighted by atomic mass is 10.2. The van der Waals surface area contributed by atoms with E-state index in [1.54, 1.807) is 13.8 Å². The van der Waals surface area contributed by atoms with Gasteiger partial charge in [0.05, 0.1) is 22.9 Å². The molecular formula is C13H22N2O4S2. The number of carbonyl (C=O) groups is 1. The summed E-state index contributed by atoms with van der Waals surface area (Å²) in [4.78, 5) is 12.2. The second-order valence-electron chi connectivity index (χ2n) is 4.31. The van der Waals surface area contributed by atoms with Crippen LogP contribution in [0.5, 0.6) is 0 Å². The highest BCUT2D eigenvalue weighted by Crippen LogP contribution is 2.40. The number of Topliss-reactive ketones (excluding diaryl/α,β-unsaturated/α-hetero) is 1. The smallest absolute Gasteiger partial charge is 0.183 e. The van der Waals surface area contributed by atoms with Gasteiger partial charge in [-0.15, -0.1) is 11.3 Å². The Hall–Kier alpha value is -1.12. The van der Waals surface area contributed by atoms with Crippen molar-refractivity contribution in [2.45, 2.75) is 32.1 Å². The fourth-order valence-electron chi connectivity index (χ4n) is 1.75. The Balaban J connectivity index is 3.18. The monoisotopic (exact) mass is 334 g/mol. The Morgan fingerprint density at radius 2 is 2.00 bits per heavy atom. The molecule has 0 atom stereocenters. The van der Waals surface area contributed by atoms with Crippen LogP contribution in [0, 0.1) is 0 Å². The predicted molar refractivity (Wildman–Crippen MR) is 86.1 cm³/mol. The lowest BCUT2D eigenvalue weighted by molar-refractivity contribution is 0.0992. The van der Waals surface area contributed by atoms with Gasteiger partial charge in [0.1, 0.15) is 9.90 Å². The first-order valence-electron chi connectivity index (χ1n) is 6.88. The molecule has 8 heteroatoms. The molecular weight excluding hydrogens is 312 g/mol. The maximum atomic E-state index is 12.2. The number of nitrogens with two attached hydrogens (primary N) is 1. The largest absolute Gasteiger partial charge is 0.396 e. The molecule has 0 amide bonds. The van der Waals surface area contributed by atoms with Crippen LogP contribution in [-0.2, 0) is 14.6 Å². The lowest BCUT2D eigenvalue weighted by Gasteiger charge is -2.08. The highest BCUT2D eigenvalue weighted by atomic mass is 32.2. The molecule has 0 aromatic carbocycles. The second kappa shape index (κ2) is 7.77. The third-order valence-electron chi connectivity index (χ3n) is 2.90. The van der Waals surface area contributed by atoms with Gasteiger partial charge in [-0.05, 0) is 6.92 Å². The first-order valence-corrected chi connectivity index (χ1v) is 9.35. The van der Waals surface area contributed by atoms with Gasteiger partial charge in [-0.3, -0.25) is 4.79 Å². The zero-order valence-corrected chi connectivity index (χ0v) is 14.2. The lowest BCUT2D eigenvalue weighted by Crippen LogP contribution is -2.12. The van der Waals surface area contributed by atoms with Crippen molar-refractivity contribution in [2.75, 3.05) is 36.6 Å². The van der Waals surface area contributed by atoms with Gasteiger partial charge in [-0.25, -0.2) is 8.42 Å². The highest BCUT2D eigenvalue weighted by molar-refractivity contribution is 7.91. The van der Waals surface area contributed by atoms with E-state index in [-0.39, 0.29) is 28.5 Å². The van der Waals surface area contributed by atoms with E-state index in [0.717, 1.165) is 11.3 Å². The fraction of sp³-hybridized carbons (Fsp3) is 0.615. The third-order valence-corrected chi connectivity index (χ3v) is 6.04. The van der Waals surface area contributed by atoms with E-state index in [4.69, 9.17) is 10.5 Å². The maximum absolute atomic E-state index is 12.2. The number of anilines is 2. The molecule has 1 heterocycles. The third kappa shape index (κ3) is 4.18. The van der Waals surface area contributed by atoms with Crippen molar-refractivity contribution in [3.8, 4) is 0 Å². The van der Waals surface area contributed by atoms with Crippen LogP contribution >= 0.6 is 11.3 Å². The topological polar surface area (TPSA) is 98.5 Å². The van der Waals surface area contributed by atoms with Gasteiger partial charge in [-0.2, -0.15) is 0 Å². The Kier molecular flexibility index (Phi) is 6.63. The summed E-state index contributed by atoms with van der Waals surface area (Å²) >= 11 is 1.10. The Labute approximate surface area is 129 Å². The molecule has 3 N–H and O–H groups in total. The number of thiophene rings is 1. The zero-order chi connectivity index (χ0) is 16.0. The van der Waals surface area contributed by atoms with E-state index in [2.05, 4.69) is 5.32 Å². The van der Waals surface area contributed by atoms with Crippen molar-refractivity contribution in [3.63, 3.8) is 0 Å². The quantitative estimate of drug-likeness (QED) is 0.530. The van der Waals surface area contributed by atoms with Crippen molar-refractivity contribution in [1.29, 1.82) is 0 Å². The van der Waals surface area contributed by atoms with Gasteiger partial charge < -0.3 is 15.8 Å². The minimum atomic E-state index is -3.49. The number of hydrogen-bond donors (Lipinski definition) is 2. The van der Waals surface area contributed by atoms with Gasteiger partial charge in [0, 0.05) is 19.6 Å². The van der Waals surface area contributed by atoms with Crippen molar-refractivity contribution in [2.24, 2.45) is 0 Å². The Morgan fingerprint density at radius 1 is 1.33 bits per heavy atom. The van der Waals surface area contributed by atoms with Crippen LogP contribution in [0.4, 0.5) is 10.7 Å². The highest BCUT2D eigenvalue weighted by Gasteiger charge is 2.27. The minimum absolute atomic E-state index is 0.0447. The number of nitrogen functional groups attached to an aromatic ring is 1. The van der Waals surface area contributed by atoms with Crippen LogP contribution in [-0.4, -0.2) is 39.7 Å². The van der Waals surface area contributed by atoms with Gasteiger partial charge >= 0.3 is 0 Å². The molecule has 0 radical (unpaired) electrons. The Morgan fingerprint density at radius 3 is 2.52 bits per heavy atom. The Bertz CT molecular complexity index is 594. The summed E-state index contributed by atoms with van der Waals surface area (Å²) in [6.45, 7) is 6.66. The molecule has 1 aromatic rings. The summed E-state index contributed by atoms with van der Waals surface area (Å²) in [6.07, 6.45) is 0.286. The maximum Gasteiger partial charge on any atom is 0.183 e. The number of rotatable bonds is 9. The molecule has 1 rings (SSSR count). The first kappa shape index (κ1) is 17.9. The van der Waals surface area contributed by atoms with E-state index >= 15 is 0 Å². The average molecular weight is 334 g/mol. The van der Waals surface area contributed by atoms with Crippen LogP contribution in [0.1, 0.15) is 36.9 Å². The molecule has 0 unspecified atom stereocenters. The molecule has 0 spiro atoms. The summed E-state index contributed by atoms with van der Waals surface area (Å²) in [5.41, 5.74) is 5.97. The van der Waals surface area contributed by atoms with Crippen molar-refractivity contribution < 1.29 is 17.9 Å². The number of ether oxygens (including phenoxy) is 1. The van der Waals surface area contributed by atoms with Crippen molar-refractivity contribution in [1.82, 2.24) is 0 Å². The molecule has 120 valence electrons. The minimum Gasteiger partial charge on any atom is -0.396 e. The van der Waals surface area contributed by atoms with E-state index in [1.807, 2.05) is 6.92 Å². The zero-order valence-electron chi connectivity index (χ0n) is 12.6. The predicted octanol–water partition coefficient (Wildman–Crippen LogP) is 2.17. The number of hydrogen-bond acceptors (Lipinski definition) is 7. The summed E-state index contributed by atoms with van der Waals surface area (Å²) < 4.78 is 29.6. The molecule has 0 aliphatic rings. The van der Waals surface area contributed by atoms with Gasteiger partial charge in [0.25, 0.3) is 0 Å². The van der Waals surface area contributed by atoms with Crippen LogP contribution in [0.15, 0.2) is 4.90 Å². The number of nitrogens with one attached hydrogen (secondary N) is 1. The molecule has 6 nitrogen and oxygen atoms in total. The normalized spacial score (nSPS) is 11.6. The van der Waals surface area contributed by atoms with E-state index in [0.29, 0.717) is 29.6 Å². The summed E-state index contributed by atoms with van der Waals surface area (Å²) in [5, 5.41) is 3.43. The molecule has 21 heavy (non-hydrogen) atoms. The molecule has 0 saturated heterocycles. The second-order valence-corrected chi connectivity index (χ2v) is 7.54. The summed E-state index contributed by atoms with van der Waals surface area (Å²) in [6, 6.07) is 0. The molecule has 0 aliphatic heterocycles. The van der Waals surface area contributed by atoms with Crippen LogP contribution in [0.3, 0.4) is 0 Å². The molecule has 0 saturated carbocycles. The molecule has 0 aliphatic carbocycles. The van der Waals surface area contributed by atoms with Gasteiger partial charge in [-0.1, -0.05) is 13.8 Å². The standard InChI is InChI=1S/C13H22N2O4S2/c1-4-9(16)11-10(14)12(21(17,18)6-3)13(20-11)15-7-8-19-5-2/h15H,4-8,14H2,1-3H3. The first-order chi connectivity index (χ1) is 9.88. The van der Waals surface area contributed by atoms with Crippen LogP contribution < -0.4 is 11.1 Å². The molecule has 1 aromatic heterocycles. The van der Waals surface area contributed by atoms with E-state index in [9.17, 15) is 13.2 Å². The van der Waals surface area contributed by atoms with Crippen molar-refractivity contribution >= 4 is 37.6 Å². The van der Waals surface area contributed by atoms with Gasteiger partial charge in [0.2, 0.25) is 0 Å².